The molecule has 0 aliphatic heterocycles. The molecule has 2 rings (SSSR count). The third-order valence-electron chi connectivity index (χ3n) is 3.07. The third kappa shape index (κ3) is 6.16. The minimum Gasteiger partial charge on any atom is -0.471 e. The summed E-state index contributed by atoms with van der Waals surface area (Å²) in [5, 5.41) is 6.02. The summed E-state index contributed by atoms with van der Waals surface area (Å²) in [6, 6.07) is 12.8. The molecular weight excluding hydrogens is 319 g/mol. The van der Waals surface area contributed by atoms with E-state index in [4.69, 9.17) is 16.3 Å². The van der Waals surface area contributed by atoms with Crippen LogP contribution in [0.15, 0.2) is 48.5 Å². The molecule has 6 heteroatoms. The van der Waals surface area contributed by atoms with Crippen LogP contribution in [0.3, 0.4) is 0 Å². The Labute approximate surface area is 139 Å². The van der Waals surface area contributed by atoms with Crippen molar-refractivity contribution in [2.75, 3.05) is 6.54 Å². The first kappa shape index (κ1) is 17.1. The number of carbonyl (C=O) groups is 1. The van der Waals surface area contributed by atoms with Gasteiger partial charge in [0, 0.05) is 11.6 Å². The first-order chi connectivity index (χ1) is 11.0. The second kappa shape index (κ2) is 8.39. The molecule has 1 atom stereocenters. The topological polar surface area (TPSA) is 50.4 Å². The highest BCUT2D eigenvalue weighted by atomic mass is 35.5. The monoisotopic (exact) mass is 336 g/mol. The number of hydrogen-bond donors (Lipinski definition) is 2. The summed E-state index contributed by atoms with van der Waals surface area (Å²) < 4.78 is 18.3. The molecular formula is C17H18ClFN2O2. The Morgan fingerprint density at radius 1 is 1.17 bits per heavy atom. The van der Waals surface area contributed by atoms with Gasteiger partial charge in [0.1, 0.15) is 11.6 Å². The summed E-state index contributed by atoms with van der Waals surface area (Å²) >= 11 is 5.79. The molecule has 2 N–H and O–H groups in total. The first-order valence-electron chi connectivity index (χ1n) is 7.24. The summed E-state index contributed by atoms with van der Waals surface area (Å²) in [6.45, 7) is 2.18. The maximum absolute atomic E-state index is 12.8. The van der Waals surface area contributed by atoms with E-state index in [1.54, 1.807) is 43.3 Å². The lowest BCUT2D eigenvalue weighted by Gasteiger charge is -2.16. The zero-order valence-corrected chi connectivity index (χ0v) is 13.4. The molecule has 0 aliphatic carbocycles. The zero-order valence-electron chi connectivity index (χ0n) is 12.7. The number of hydrogen-bond acceptors (Lipinski definition) is 2. The molecule has 23 heavy (non-hydrogen) atoms. The molecule has 4 nitrogen and oxygen atoms in total. The average Bonchev–Trinajstić information content (AvgIpc) is 2.51. The van der Waals surface area contributed by atoms with E-state index in [2.05, 4.69) is 10.6 Å². The van der Waals surface area contributed by atoms with Gasteiger partial charge >= 0.3 is 6.03 Å². The standard InChI is InChI=1S/C17H18ClFN2O2/c1-12(23-16-8-4-14(18)5-9-16)21-17(22)20-11-10-13-2-6-15(19)7-3-13/h2-9,12H,10-11H2,1H3,(H2,20,21,22). The van der Waals surface area contributed by atoms with Gasteiger partial charge in [-0.2, -0.15) is 0 Å². The Morgan fingerprint density at radius 2 is 1.83 bits per heavy atom. The zero-order chi connectivity index (χ0) is 16.7. The van der Waals surface area contributed by atoms with Gasteiger partial charge in [-0.15, -0.1) is 0 Å². The molecule has 122 valence electrons. The quantitative estimate of drug-likeness (QED) is 0.789. The minimum absolute atomic E-state index is 0.271. The van der Waals surface area contributed by atoms with E-state index in [0.29, 0.717) is 23.7 Å². The summed E-state index contributed by atoms with van der Waals surface area (Å²) in [5.41, 5.74) is 0.956. The second-order valence-corrected chi connectivity index (χ2v) is 5.43. The van der Waals surface area contributed by atoms with E-state index < -0.39 is 6.23 Å². The van der Waals surface area contributed by atoms with Gasteiger partial charge in [0.05, 0.1) is 0 Å². The van der Waals surface area contributed by atoms with Crippen LogP contribution in [0.1, 0.15) is 12.5 Å². The van der Waals surface area contributed by atoms with Gasteiger partial charge in [-0.3, -0.25) is 0 Å². The third-order valence-corrected chi connectivity index (χ3v) is 3.33. The number of halogens is 2. The van der Waals surface area contributed by atoms with E-state index in [1.165, 1.54) is 12.1 Å². The van der Waals surface area contributed by atoms with Crippen molar-refractivity contribution in [1.29, 1.82) is 0 Å². The molecule has 0 spiro atoms. The van der Waals surface area contributed by atoms with Crippen molar-refractivity contribution in [2.45, 2.75) is 19.6 Å². The van der Waals surface area contributed by atoms with Crippen molar-refractivity contribution in [3.05, 3.63) is 64.9 Å². The van der Waals surface area contributed by atoms with Crippen molar-refractivity contribution in [2.24, 2.45) is 0 Å². The molecule has 2 aromatic carbocycles. The van der Waals surface area contributed by atoms with E-state index in [9.17, 15) is 9.18 Å². The average molecular weight is 337 g/mol. The van der Waals surface area contributed by atoms with Crippen LogP contribution >= 0.6 is 11.6 Å². The Kier molecular flexibility index (Phi) is 6.23. The van der Waals surface area contributed by atoms with E-state index in [-0.39, 0.29) is 11.8 Å². The van der Waals surface area contributed by atoms with Gasteiger partial charge in [0.2, 0.25) is 0 Å². The second-order valence-electron chi connectivity index (χ2n) is 4.99. The van der Waals surface area contributed by atoms with Crippen LogP contribution in [0.2, 0.25) is 5.02 Å². The highest BCUT2D eigenvalue weighted by Crippen LogP contribution is 2.16. The fourth-order valence-electron chi connectivity index (χ4n) is 1.95. The Balaban J connectivity index is 1.69. The van der Waals surface area contributed by atoms with E-state index >= 15 is 0 Å². The molecule has 0 fully saturated rings. The van der Waals surface area contributed by atoms with E-state index in [1.807, 2.05) is 0 Å². The van der Waals surface area contributed by atoms with Crippen LogP contribution in [0.25, 0.3) is 0 Å². The normalized spacial score (nSPS) is 11.6. The largest absolute Gasteiger partial charge is 0.471 e. The number of rotatable bonds is 6. The van der Waals surface area contributed by atoms with Gasteiger partial charge < -0.3 is 15.4 Å². The summed E-state index contributed by atoms with van der Waals surface area (Å²) in [4.78, 5) is 11.8. The highest BCUT2D eigenvalue weighted by molar-refractivity contribution is 6.30. The highest BCUT2D eigenvalue weighted by Gasteiger charge is 2.08. The Hall–Kier alpha value is -2.27. The molecule has 0 bridgehead atoms. The predicted octanol–water partition coefficient (Wildman–Crippen LogP) is 3.75. The van der Waals surface area contributed by atoms with Gasteiger partial charge in [-0.1, -0.05) is 23.7 Å². The van der Waals surface area contributed by atoms with Crippen molar-refractivity contribution in [3.8, 4) is 5.75 Å². The summed E-state index contributed by atoms with van der Waals surface area (Å²) in [7, 11) is 0. The lowest BCUT2D eigenvalue weighted by atomic mass is 10.1. The van der Waals surface area contributed by atoms with Crippen LogP contribution < -0.4 is 15.4 Å². The lowest BCUT2D eigenvalue weighted by Crippen LogP contribution is -2.43. The summed E-state index contributed by atoms with van der Waals surface area (Å²) in [6.07, 6.45) is 0.141. The number of carbonyl (C=O) groups excluding carboxylic acids is 1. The number of benzene rings is 2. The van der Waals surface area contributed by atoms with Crippen LogP contribution in [-0.2, 0) is 6.42 Å². The lowest BCUT2D eigenvalue weighted by molar-refractivity contribution is 0.177. The fourth-order valence-corrected chi connectivity index (χ4v) is 2.08. The van der Waals surface area contributed by atoms with Crippen LogP contribution in [-0.4, -0.2) is 18.8 Å². The Bertz CT molecular complexity index is 632. The number of amides is 2. The molecule has 0 saturated carbocycles. The predicted molar refractivity (Wildman–Crippen MR) is 88.2 cm³/mol. The maximum Gasteiger partial charge on any atom is 0.317 e. The fraction of sp³-hybridized carbons (Fsp3) is 0.235. The Morgan fingerprint density at radius 3 is 2.48 bits per heavy atom. The molecule has 1 unspecified atom stereocenters. The molecule has 0 saturated heterocycles. The number of nitrogens with one attached hydrogen (secondary N) is 2. The van der Waals surface area contributed by atoms with Crippen molar-refractivity contribution >= 4 is 17.6 Å². The number of urea groups is 1. The van der Waals surface area contributed by atoms with Gasteiger partial charge in [0.25, 0.3) is 0 Å². The molecule has 0 aliphatic rings. The van der Waals surface area contributed by atoms with Crippen molar-refractivity contribution in [1.82, 2.24) is 10.6 Å². The molecule has 2 aromatic rings. The molecule has 2 amide bonds. The van der Waals surface area contributed by atoms with Crippen LogP contribution in [0.5, 0.6) is 5.75 Å². The molecule has 0 aromatic heterocycles. The smallest absolute Gasteiger partial charge is 0.317 e. The number of ether oxygens (including phenoxy) is 1. The van der Waals surface area contributed by atoms with Crippen molar-refractivity contribution in [3.63, 3.8) is 0 Å². The first-order valence-corrected chi connectivity index (χ1v) is 7.62. The van der Waals surface area contributed by atoms with E-state index in [0.717, 1.165) is 5.56 Å². The van der Waals surface area contributed by atoms with Gasteiger partial charge in [-0.25, -0.2) is 9.18 Å². The summed E-state index contributed by atoms with van der Waals surface area (Å²) in [5.74, 6) is 0.348. The maximum atomic E-state index is 12.8. The van der Waals surface area contributed by atoms with Crippen molar-refractivity contribution < 1.29 is 13.9 Å². The minimum atomic E-state index is -0.484. The molecule has 0 radical (unpaired) electrons. The SMILES string of the molecule is CC(NC(=O)NCCc1ccc(F)cc1)Oc1ccc(Cl)cc1. The van der Waals surface area contributed by atoms with Gasteiger partial charge in [-0.05, 0) is 55.3 Å². The van der Waals surface area contributed by atoms with Crippen LogP contribution in [0.4, 0.5) is 9.18 Å². The van der Waals surface area contributed by atoms with Gasteiger partial charge in [0.15, 0.2) is 6.23 Å². The molecule has 0 heterocycles. The van der Waals surface area contributed by atoms with Crippen LogP contribution in [0, 0.1) is 5.82 Å².